The first-order valence-electron chi connectivity index (χ1n) is 9.72. The lowest BCUT2D eigenvalue weighted by Gasteiger charge is -2.12. The van der Waals surface area contributed by atoms with Gasteiger partial charge in [-0.3, -0.25) is 9.52 Å². The molecule has 166 valence electrons. The molecule has 0 bridgehead atoms. The molecule has 0 atom stereocenters. The van der Waals surface area contributed by atoms with Crippen LogP contribution in [0.3, 0.4) is 0 Å². The van der Waals surface area contributed by atoms with E-state index in [1.165, 1.54) is 26.5 Å². The van der Waals surface area contributed by atoms with Crippen LogP contribution in [0.25, 0.3) is 0 Å². The van der Waals surface area contributed by atoms with Gasteiger partial charge in [-0.1, -0.05) is 29.8 Å². The molecule has 0 aliphatic rings. The molecule has 0 unspecified atom stereocenters. The van der Waals surface area contributed by atoms with Crippen LogP contribution in [0.2, 0.25) is 0 Å². The number of rotatable bonds is 9. The van der Waals surface area contributed by atoms with Gasteiger partial charge in [0.05, 0.1) is 30.5 Å². The lowest BCUT2D eigenvalue weighted by molar-refractivity contribution is 0.104. The van der Waals surface area contributed by atoms with E-state index in [4.69, 9.17) is 9.47 Å². The van der Waals surface area contributed by atoms with Gasteiger partial charge in [-0.25, -0.2) is 8.42 Å². The fourth-order valence-electron chi connectivity index (χ4n) is 2.91. The highest BCUT2D eigenvalue weighted by Crippen LogP contribution is 2.28. The minimum atomic E-state index is -3.76. The molecule has 0 spiro atoms. The lowest BCUT2D eigenvalue weighted by Crippen LogP contribution is -2.14. The molecule has 3 rings (SSSR count). The van der Waals surface area contributed by atoms with Gasteiger partial charge in [0.1, 0.15) is 0 Å². The van der Waals surface area contributed by atoms with Gasteiger partial charge in [0.2, 0.25) is 0 Å². The number of allylic oxidation sites excluding steroid dienone is 1. The summed E-state index contributed by atoms with van der Waals surface area (Å²) in [6.07, 6.45) is 2.81. The second-order valence-corrected chi connectivity index (χ2v) is 8.56. The summed E-state index contributed by atoms with van der Waals surface area (Å²) < 4.78 is 38.4. The number of aryl methyl sites for hydroxylation is 1. The maximum Gasteiger partial charge on any atom is 0.261 e. The van der Waals surface area contributed by atoms with Crippen LogP contribution in [0.4, 0.5) is 11.4 Å². The molecule has 7 nitrogen and oxygen atoms in total. The van der Waals surface area contributed by atoms with E-state index >= 15 is 0 Å². The smallest absolute Gasteiger partial charge is 0.261 e. The van der Waals surface area contributed by atoms with Crippen molar-refractivity contribution < 1.29 is 22.7 Å². The Morgan fingerprint density at radius 2 is 1.53 bits per heavy atom. The van der Waals surface area contributed by atoms with Crippen molar-refractivity contribution in [3.05, 3.63) is 90.1 Å². The second kappa shape index (κ2) is 10.0. The third-order valence-corrected chi connectivity index (χ3v) is 6.03. The van der Waals surface area contributed by atoms with Crippen molar-refractivity contribution in [2.45, 2.75) is 11.8 Å². The number of hydrogen-bond donors (Lipinski definition) is 2. The van der Waals surface area contributed by atoms with Crippen molar-refractivity contribution >= 4 is 27.2 Å². The summed E-state index contributed by atoms with van der Waals surface area (Å²) in [5.41, 5.74) is 2.25. The SMILES string of the molecule is COc1ccc(C(=O)/C=C/Nc2ccccc2NS(=O)(=O)c2ccc(C)cc2)cc1OC. The highest BCUT2D eigenvalue weighted by atomic mass is 32.2. The van der Waals surface area contributed by atoms with E-state index in [1.807, 2.05) is 6.92 Å². The third kappa shape index (κ3) is 5.47. The molecule has 3 aromatic carbocycles. The molecule has 2 N–H and O–H groups in total. The molecule has 0 amide bonds. The minimum absolute atomic E-state index is 0.164. The van der Waals surface area contributed by atoms with Gasteiger partial charge >= 0.3 is 0 Å². The van der Waals surface area contributed by atoms with Crippen LogP contribution in [0.5, 0.6) is 11.5 Å². The largest absolute Gasteiger partial charge is 0.493 e. The summed E-state index contributed by atoms with van der Waals surface area (Å²) >= 11 is 0. The van der Waals surface area contributed by atoms with Crippen molar-refractivity contribution in [2.75, 3.05) is 24.3 Å². The predicted molar refractivity (Wildman–Crippen MR) is 125 cm³/mol. The lowest BCUT2D eigenvalue weighted by atomic mass is 10.1. The van der Waals surface area contributed by atoms with Crippen LogP contribution in [-0.2, 0) is 10.0 Å². The summed E-state index contributed by atoms with van der Waals surface area (Å²) in [5.74, 6) is 0.729. The topological polar surface area (TPSA) is 93.7 Å². The Labute approximate surface area is 187 Å². The summed E-state index contributed by atoms with van der Waals surface area (Å²) in [7, 11) is -0.738. The standard InChI is InChI=1S/C24H24N2O5S/c1-17-8-11-19(12-9-17)32(28,29)26-21-7-5-4-6-20(21)25-15-14-22(27)18-10-13-23(30-2)24(16-18)31-3/h4-16,25-26H,1-3H3/b15-14+. The number of sulfonamides is 1. The zero-order valence-corrected chi connectivity index (χ0v) is 18.8. The third-order valence-electron chi connectivity index (χ3n) is 4.64. The van der Waals surface area contributed by atoms with E-state index in [-0.39, 0.29) is 10.7 Å². The van der Waals surface area contributed by atoms with Crippen molar-refractivity contribution in [3.8, 4) is 11.5 Å². The zero-order chi connectivity index (χ0) is 23.1. The average molecular weight is 453 g/mol. The molecule has 8 heteroatoms. The summed E-state index contributed by atoms with van der Waals surface area (Å²) in [4.78, 5) is 12.7. The number of para-hydroxylation sites is 2. The summed E-state index contributed by atoms with van der Waals surface area (Å²) in [6, 6.07) is 18.3. The average Bonchev–Trinajstić information content (AvgIpc) is 2.79. The predicted octanol–water partition coefficient (Wildman–Crippen LogP) is 4.62. The molecule has 32 heavy (non-hydrogen) atoms. The molecule has 0 radical (unpaired) electrons. The Kier molecular flexibility index (Phi) is 7.17. The van der Waals surface area contributed by atoms with E-state index in [0.29, 0.717) is 28.4 Å². The highest BCUT2D eigenvalue weighted by Gasteiger charge is 2.15. The first kappa shape index (κ1) is 22.9. The number of ether oxygens (including phenoxy) is 2. The first-order chi connectivity index (χ1) is 15.3. The van der Waals surface area contributed by atoms with Crippen LogP contribution in [0, 0.1) is 6.92 Å². The Balaban J connectivity index is 1.74. The van der Waals surface area contributed by atoms with Gasteiger partial charge in [-0.2, -0.15) is 0 Å². The molecule has 0 saturated heterocycles. The van der Waals surface area contributed by atoms with Gasteiger partial charge in [0.25, 0.3) is 10.0 Å². The van der Waals surface area contributed by atoms with Gasteiger partial charge in [0.15, 0.2) is 17.3 Å². The zero-order valence-electron chi connectivity index (χ0n) is 18.0. The molecule has 0 aromatic heterocycles. The van der Waals surface area contributed by atoms with Crippen molar-refractivity contribution in [1.82, 2.24) is 0 Å². The van der Waals surface area contributed by atoms with Crippen molar-refractivity contribution in [1.29, 1.82) is 0 Å². The van der Waals surface area contributed by atoms with Gasteiger partial charge in [-0.15, -0.1) is 0 Å². The van der Waals surface area contributed by atoms with Gasteiger partial charge in [0, 0.05) is 17.8 Å². The van der Waals surface area contributed by atoms with Gasteiger partial charge < -0.3 is 14.8 Å². The quantitative estimate of drug-likeness (QED) is 0.363. The van der Waals surface area contributed by atoms with Crippen LogP contribution < -0.4 is 19.5 Å². The van der Waals surface area contributed by atoms with Crippen LogP contribution >= 0.6 is 0 Å². The fraction of sp³-hybridized carbons (Fsp3) is 0.125. The van der Waals surface area contributed by atoms with E-state index in [9.17, 15) is 13.2 Å². The van der Waals surface area contributed by atoms with E-state index in [1.54, 1.807) is 66.7 Å². The minimum Gasteiger partial charge on any atom is -0.493 e. The van der Waals surface area contributed by atoms with Gasteiger partial charge in [-0.05, 0) is 49.4 Å². The summed E-state index contributed by atoms with van der Waals surface area (Å²) in [5, 5.41) is 2.96. The van der Waals surface area contributed by atoms with Crippen LogP contribution in [-0.4, -0.2) is 28.4 Å². The first-order valence-corrected chi connectivity index (χ1v) is 11.2. The highest BCUT2D eigenvalue weighted by molar-refractivity contribution is 7.92. The Hall–Kier alpha value is -3.78. The molecule has 0 heterocycles. The number of nitrogens with one attached hydrogen (secondary N) is 2. The number of carbonyl (C=O) groups is 1. The molecular weight excluding hydrogens is 428 g/mol. The molecule has 0 aliphatic carbocycles. The second-order valence-electron chi connectivity index (χ2n) is 6.88. The Morgan fingerprint density at radius 1 is 0.875 bits per heavy atom. The Bertz CT molecular complexity index is 1240. The Morgan fingerprint density at radius 3 is 2.19 bits per heavy atom. The van der Waals surface area contributed by atoms with Crippen molar-refractivity contribution in [2.24, 2.45) is 0 Å². The summed E-state index contributed by atoms with van der Waals surface area (Å²) in [6.45, 7) is 1.89. The van der Waals surface area contributed by atoms with Crippen molar-refractivity contribution in [3.63, 3.8) is 0 Å². The number of methoxy groups -OCH3 is 2. The molecule has 0 aliphatic heterocycles. The maximum atomic E-state index is 12.7. The van der Waals surface area contributed by atoms with E-state index in [2.05, 4.69) is 10.0 Å². The monoisotopic (exact) mass is 452 g/mol. The number of carbonyl (C=O) groups excluding carboxylic acids is 1. The maximum absolute atomic E-state index is 12.7. The van der Waals surface area contributed by atoms with Crippen LogP contribution in [0.15, 0.2) is 83.9 Å². The fourth-order valence-corrected chi connectivity index (χ4v) is 3.99. The van der Waals surface area contributed by atoms with Crippen LogP contribution in [0.1, 0.15) is 15.9 Å². The number of benzene rings is 3. The van der Waals surface area contributed by atoms with E-state index in [0.717, 1.165) is 5.56 Å². The molecule has 3 aromatic rings. The number of ketones is 1. The molecule has 0 fully saturated rings. The van der Waals surface area contributed by atoms with E-state index < -0.39 is 10.0 Å². The number of anilines is 2. The molecular formula is C24H24N2O5S. The number of hydrogen-bond acceptors (Lipinski definition) is 6. The normalized spacial score (nSPS) is 11.2. The molecule has 0 saturated carbocycles.